The first-order valence-corrected chi connectivity index (χ1v) is 10.5. The number of thiazole rings is 2. The number of para-hydroxylation sites is 1. The van der Waals surface area contributed by atoms with E-state index in [1.54, 1.807) is 30.3 Å². The van der Waals surface area contributed by atoms with E-state index in [9.17, 15) is 20.2 Å². The molecule has 0 aliphatic heterocycles. The van der Waals surface area contributed by atoms with Gasteiger partial charge in [0.25, 0.3) is 11.4 Å². The fourth-order valence-electron chi connectivity index (χ4n) is 2.54. The van der Waals surface area contributed by atoms with Crippen LogP contribution < -0.4 is 10.9 Å². The van der Waals surface area contributed by atoms with Crippen LogP contribution in [0.4, 0.5) is 21.6 Å². The second-order valence-electron chi connectivity index (χ2n) is 6.06. The highest BCUT2D eigenvalue weighted by molar-refractivity contribution is 7.40. The summed E-state index contributed by atoms with van der Waals surface area (Å²) in [4.78, 5) is 29.5. The molecule has 0 saturated heterocycles. The van der Waals surface area contributed by atoms with Gasteiger partial charge >= 0.3 is 0 Å². The average molecular weight is 468 g/mol. The van der Waals surface area contributed by atoms with Gasteiger partial charge in [0.1, 0.15) is 4.01 Å². The van der Waals surface area contributed by atoms with Crippen molar-refractivity contribution in [1.29, 1.82) is 0 Å². The molecule has 2 heterocycles. The van der Waals surface area contributed by atoms with E-state index in [1.807, 2.05) is 0 Å². The highest BCUT2D eigenvalue weighted by Crippen LogP contribution is 2.33. The van der Waals surface area contributed by atoms with E-state index >= 15 is 0 Å². The third-order valence-corrected chi connectivity index (χ3v) is 5.92. The molecule has 12 nitrogen and oxygen atoms in total. The summed E-state index contributed by atoms with van der Waals surface area (Å²) in [5.74, 6) is 0. The van der Waals surface area contributed by atoms with Crippen molar-refractivity contribution >= 4 is 66.4 Å². The second-order valence-corrected chi connectivity index (χ2v) is 8.31. The van der Waals surface area contributed by atoms with Gasteiger partial charge < -0.3 is 0 Å². The van der Waals surface area contributed by atoms with Crippen LogP contribution in [0.25, 0.3) is 9.66 Å². The molecule has 0 saturated carbocycles. The Morgan fingerprint density at radius 2 is 1.56 bits per heavy atom. The predicted molar refractivity (Wildman–Crippen MR) is 124 cm³/mol. The third-order valence-electron chi connectivity index (χ3n) is 3.93. The number of aromatic nitrogens is 2. The van der Waals surface area contributed by atoms with E-state index in [0.29, 0.717) is 27.0 Å². The molecule has 2 N–H and O–H groups in total. The first-order chi connectivity index (χ1) is 15.5. The quantitative estimate of drug-likeness (QED) is 0.218. The van der Waals surface area contributed by atoms with Crippen molar-refractivity contribution in [2.24, 2.45) is 10.2 Å². The van der Waals surface area contributed by atoms with Crippen molar-refractivity contribution in [2.75, 3.05) is 10.9 Å². The number of rotatable bonds is 8. The maximum atomic E-state index is 11.0. The molecular weight excluding hydrogens is 456 g/mol. The van der Waals surface area contributed by atoms with Crippen LogP contribution in [0, 0.1) is 20.2 Å². The summed E-state index contributed by atoms with van der Waals surface area (Å²) >= 11 is 2.65. The zero-order valence-electron chi connectivity index (χ0n) is 15.9. The van der Waals surface area contributed by atoms with Crippen LogP contribution in [-0.2, 0) is 0 Å². The Kier molecular flexibility index (Phi) is 6.05. The molecule has 2 aromatic heterocycles. The minimum absolute atomic E-state index is 0.0162. The van der Waals surface area contributed by atoms with Crippen molar-refractivity contribution < 1.29 is 9.85 Å². The molecule has 0 bridgehead atoms. The number of anilines is 2. The monoisotopic (exact) mass is 468 g/mol. The predicted octanol–water partition coefficient (Wildman–Crippen LogP) is 4.46. The van der Waals surface area contributed by atoms with Gasteiger partial charge in [0, 0.05) is 23.8 Å². The van der Waals surface area contributed by atoms with E-state index in [-0.39, 0.29) is 11.4 Å². The van der Waals surface area contributed by atoms with E-state index in [2.05, 4.69) is 31.0 Å². The molecule has 0 aliphatic rings. The summed E-state index contributed by atoms with van der Waals surface area (Å²) in [5.41, 5.74) is 6.91. The van der Waals surface area contributed by atoms with Gasteiger partial charge in [0.05, 0.1) is 27.8 Å². The number of nitro benzene ring substituents is 2. The standard InChI is InChI=1S/C18H12N8O4S2/c27-25(28)13-6-3-4-11(8-13)9-19-23-17-21-15-16(31-17)32-18(22-15)24-20-10-12-5-1-2-7-14(12)26(29)30/h1-10H,(H,21,23)(H,22,24)/b19-9+,20-10+. The highest BCUT2D eigenvalue weighted by atomic mass is 32.2. The second kappa shape index (κ2) is 9.23. The maximum Gasteiger partial charge on any atom is 0.278 e. The van der Waals surface area contributed by atoms with Crippen LogP contribution in [0.3, 0.4) is 0 Å². The Hall–Kier alpha value is -4.30. The molecule has 14 heteroatoms. The van der Waals surface area contributed by atoms with E-state index in [1.165, 1.54) is 53.3 Å². The lowest BCUT2D eigenvalue weighted by molar-refractivity contribution is -0.385. The van der Waals surface area contributed by atoms with E-state index in [0.717, 1.165) is 4.01 Å². The van der Waals surface area contributed by atoms with Gasteiger partial charge in [-0.3, -0.25) is 31.1 Å². The minimum Gasteiger partial charge on any atom is -0.258 e. The highest BCUT2D eigenvalue weighted by Gasteiger charge is 2.12. The SMILES string of the molecule is O=[N+]([O-])c1cccc(/C=N/Nc2nc3nc(N/N=C/c4ccccc4[N+](=O)[O-])sc3s2)c1. The lowest BCUT2D eigenvalue weighted by Gasteiger charge is -1.96. The van der Waals surface area contributed by atoms with Crippen LogP contribution in [0.5, 0.6) is 0 Å². The molecule has 32 heavy (non-hydrogen) atoms. The van der Waals surface area contributed by atoms with Crippen LogP contribution >= 0.6 is 22.7 Å². The molecule has 160 valence electrons. The summed E-state index contributed by atoms with van der Waals surface area (Å²) in [7, 11) is 0. The molecule has 0 radical (unpaired) electrons. The molecule has 0 atom stereocenters. The van der Waals surface area contributed by atoms with Crippen molar-refractivity contribution in [3.8, 4) is 0 Å². The molecule has 0 amide bonds. The fourth-order valence-corrected chi connectivity index (χ4v) is 4.36. The number of hydrogen-bond acceptors (Lipinski definition) is 12. The van der Waals surface area contributed by atoms with Gasteiger partial charge in [0.2, 0.25) is 10.3 Å². The number of nitrogens with zero attached hydrogens (tertiary/aromatic N) is 6. The largest absolute Gasteiger partial charge is 0.278 e. The number of hydrogen-bond donors (Lipinski definition) is 2. The smallest absolute Gasteiger partial charge is 0.258 e. The molecule has 4 aromatic rings. The average Bonchev–Trinajstić information content (AvgIpc) is 3.32. The van der Waals surface area contributed by atoms with Crippen LogP contribution in [-0.4, -0.2) is 32.2 Å². The van der Waals surface area contributed by atoms with Gasteiger partial charge in [-0.1, -0.05) is 46.9 Å². The van der Waals surface area contributed by atoms with Gasteiger partial charge in [-0.15, -0.1) is 0 Å². The van der Waals surface area contributed by atoms with Crippen molar-refractivity contribution in [3.05, 3.63) is 79.9 Å². The van der Waals surface area contributed by atoms with Crippen LogP contribution in [0.1, 0.15) is 11.1 Å². The Bertz CT molecular complexity index is 1330. The first kappa shape index (κ1) is 21.0. The summed E-state index contributed by atoms with van der Waals surface area (Å²) in [6, 6.07) is 12.4. The van der Waals surface area contributed by atoms with E-state index in [4.69, 9.17) is 0 Å². The molecule has 0 unspecified atom stereocenters. The Balaban J connectivity index is 1.39. The molecule has 0 fully saturated rings. The number of nitrogens with one attached hydrogen (secondary N) is 2. The third kappa shape index (κ3) is 4.88. The van der Waals surface area contributed by atoms with Gasteiger partial charge in [-0.25, -0.2) is 0 Å². The van der Waals surface area contributed by atoms with Crippen molar-refractivity contribution in [1.82, 2.24) is 9.97 Å². The number of hydrazone groups is 2. The Morgan fingerprint density at radius 1 is 0.875 bits per heavy atom. The number of non-ortho nitro benzene ring substituents is 1. The number of benzene rings is 2. The Morgan fingerprint density at radius 3 is 2.22 bits per heavy atom. The zero-order valence-corrected chi connectivity index (χ0v) is 17.5. The molecule has 4 rings (SSSR count). The fraction of sp³-hybridized carbons (Fsp3) is 0. The summed E-state index contributed by atoms with van der Waals surface area (Å²) < 4.78 is 0.821. The molecular formula is C18H12N8O4S2. The number of nitro groups is 2. The van der Waals surface area contributed by atoms with Crippen molar-refractivity contribution in [2.45, 2.75) is 0 Å². The van der Waals surface area contributed by atoms with Gasteiger partial charge in [-0.2, -0.15) is 20.2 Å². The normalized spacial score (nSPS) is 11.4. The topological polar surface area (TPSA) is 161 Å². The summed E-state index contributed by atoms with van der Waals surface area (Å²) in [6.45, 7) is 0. The lowest BCUT2D eigenvalue weighted by Crippen LogP contribution is -1.96. The summed E-state index contributed by atoms with van der Waals surface area (Å²) in [5, 5.41) is 30.9. The zero-order chi connectivity index (χ0) is 22.5. The van der Waals surface area contributed by atoms with Gasteiger partial charge in [0.15, 0.2) is 5.65 Å². The first-order valence-electron chi connectivity index (χ1n) is 8.83. The van der Waals surface area contributed by atoms with Crippen LogP contribution in [0.15, 0.2) is 58.7 Å². The minimum atomic E-state index is -0.472. The molecule has 0 spiro atoms. The number of fused-ring (bicyclic) bond motifs is 1. The maximum absolute atomic E-state index is 11.0. The van der Waals surface area contributed by atoms with Crippen molar-refractivity contribution in [3.63, 3.8) is 0 Å². The van der Waals surface area contributed by atoms with Crippen LogP contribution in [0.2, 0.25) is 0 Å². The Labute approximate surface area is 187 Å². The lowest BCUT2D eigenvalue weighted by atomic mass is 10.2. The summed E-state index contributed by atoms with van der Waals surface area (Å²) in [6.07, 6.45) is 2.82. The molecule has 2 aromatic carbocycles. The molecule has 0 aliphatic carbocycles. The van der Waals surface area contributed by atoms with Gasteiger partial charge in [-0.05, 0) is 6.07 Å². The van der Waals surface area contributed by atoms with E-state index < -0.39 is 9.85 Å².